The number of anilines is 1. The van der Waals surface area contributed by atoms with Gasteiger partial charge in [0.2, 0.25) is 0 Å². The predicted octanol–water partition coefficient (Wildman–Crippen LogP) is 1.98. The molecule has 0 amide bonds. The van der Waals surface area contributed by atoms with Crippen LogP contribution in [-0.4, -0.2) is 24.7 Å². The van der Waals surface area contributed by atoms with Crippen LogP contribution in [0.5, 0.6) is 0 Å². The van der Waals surface area contributed by atoms with E-state index < -0.39 is 4.92 Å². The number of nitrogens with zero attached hydrogens (tertiary/aromatic N) is 5. The monoisotopic (exact) mass is 298 g/mol. The highest BCUT2D eigenvalue weighted by Gasteiger charge is 2.22. The number of fused-ring (bicyclic) bond motifs is 1. The minimum atomic E-state index is -0.427. The SMILES string of the molecule is Cc1nn(Cc2nc(N)c3ccccc3n2)c(C)c1[N+](=O)[O-]. The second-order valence-electron chi connectivity index (χ2n) is 4.98. The minimum absolute atomic E-state index is 0.0220. The first-order valence-electron chi connectivity index (χ1n) is 6.67. The van der Waals surface area contributed by atoms with Crippen LogP contribution < -0.4 is 5.73 Å². The molecule has 0 atom stereocenters. The zero-order valence-electron chi connectivity index (χ0n) is 12.1. The number of rotatable bonds is 3. The van der Waals surface area contributed by atoms with Gasteiger partial charge in [-0.3, -0.25) is 14.8 Å². The Hall–Kier alpha value is -3.03. The molecule has 8 heteroatoms. The maximum Gasteiger partial charge on any atom is 0.312 e. The molecule has 2 heterocycles. The first-order chi connectivity index (χ1) is 10.5. The van der Waals surface area contributed by atoms with Crippen molar-refractivity contribution < 1.29 is 4.92 Å². The molecular formula is C14H14N6O2. The van der Waals surface area contributed by atoms with Gasteiger partial charge in [-0.2, -0.15) is 5.10 Å². The summed E-state index contributed by atoms with van der Waals surface area (Å²) in [5.41, 5.74) is 7.54. The van der Waals surface area contributed by atoms with E-state index in [0.717, 1.165) is 10.9 Å². The van der Waals surface area contributed by atoms with Gasteiger partial charge in [-0.1, -0.05) is 12.1 Å². The Morgan fingerprint density at radius 3 is 2.68 bits per heavy atom. The number of aromatic nitrogens is 4. The van der Waals surface area contributed by atoms with Crippen LogP contribution in [-0.2, 0) is 6.54 Å². The van der Waals surface area contributed by atoms with Gasteiger partial charge in [-0.15, -0.1) is 0 Å². The predicted molar refractivity (Wildman–Crippen MR) is 81.4 cm³/mol. The highest BCUT2D eigenvalue weighted by Crippen LogP contribution is 2.23. The van der Waals surface area contributed by atoms with Gasteiger partial charge in [-0.05, 0) is 26.0 Å². The topological polar surface area (TPSA) is 113 Å². The van der Waals surface area contributed by atoms with Gasteiger partial charge >= 0.3 is 5.69 Å². The normalized spacial score (nSPS) is 11.0. The molecule has 0 unspecified atom stereocenters. The van der Waals surface area contributed by atoms with E-state index in [1.807, 2.05) is 24.3 Å². The molecule has 2 N–H and O–H groups in total. The summed E-state index contributed by atoms with van der Waals surface area (Å²) in [5, 5.41) is 16.0. The summed E-state index contributed by atoms with van der Waals surface area (Å²) >= 11 is 0. The molecule has 22 heavy (non-hydrogen) atoms. The minimum Gasteiger partial charge on any atom is -0.383 e. The van der Waals surface area contributed by atoms with Gasteiger partial charge < -0.3 is 5.73 Å². The Bertz CT molecular complexity index is 886. The Balaban J connectivity index is 2.04. The third-order valence-electron chi connectivity index (χ3n) is 3.50. The molecule has 0 spiro atoms. The second-order valence-corrected chi connectivity index (χ2v) is 4.98. The molecule has 8 nitrogen and oxygen atoms in total. The van der Waals surface area contributed by atoms with Gasteiger partial charge in [-0.25, -0.2) is 9.97 Å². The van der Waals surface area contributed by atoms with E-state index in [9.17, 15) is 10.1 Å². The van der Waals surface area contributed by atoms with Crippen molar-refractivity contribution in [1.82, 2.24) is 19.7 Å². The summed E-state index contributed by atoms with van der Waals surface area (Å²) < 4.78 is 1.52. The Labute approximate surface area is 125 Å². The first-order valence-corrected chi connectivity index (χ1v) is 6.67. The molecule has 1 aromatic carbocycles. The molecule has 0 bridgehead atoms. The fourth-order valence-corrected chi connectivity index (χ4v) is 2.46. The zero-order valence-corrected chi connectivity index (χ0v) is 12.1. The van der Waals surface area contributed by atoms with Crippen LogP contribution in [0.1, 0.15) is 17.2 Å². The number of para-hydroxylation sites is 1. The molecule has 0 saturated carbocycles. The molecule has 0 aliphatic rings. The average Bonchev–Trinajstić information content (AvgIpc) is 2.73. The third kappa shape index (κ3) is 2.24. The van der Waals surface area contributed by atoms with Crippen molar-refractivity contribution >= 4 is 22.4 Å². The summed E-state index contributed by atoms with van der Waals surface area (Å²) in [6, 6.07) is 7.43. The van der Waals surface area contributed by atoms with Gasteiger partial charge in [0, 0.05) is 5.39 Å². The van der Waals surface area contributed by atoms with Crippen molar-refractivity contribution in [2.75, 3.05) is 5.73 Å². The Morgan fingerprint density at radius 2 is 2.00 bits per heavy atom. The van der Waals surface area contributed by atoms with Gasteiger partial charge in [0.15, 0.2) is 5.82 Å². The Kier molecular flexibility index (Phi) is 3.21. The number of nitro groups is 1. The molecule has 112 valence electrons. The number of aryl methyl sites for hydroxylation is 1. The van der Waals surface area contributed by atoms with Crippen LogP contribution in [0.4, 0.5) is 11.5 Å². The summed E-state index contributed by atoms with van der Waals surface area (Å²) in [6.45, 7) is 3.50. The molecule has 0 saturated heterocycles. The van der Waals surface area contributed by atoms with E-state index in [1.54, 1.807) is 13.8 Å². The van der Waals surface area contributed by atoms with Crippen molar-refractivity contribution in [3.8, 4) is 0 Å². The van der Waals surface area contributed by atoms with E-state index in [-0.39, 0.29) is 12.2 Å². The number of hydrogen-bond acceptors (Lipinski definition) is 6. The van der Waals surface area contributed by atoms with E-state index >= 15 is 0 Å². The van der Waals surface area contributed by atoms with Crippen LogP contribution in [0, 0.1) is 24.0 Å². The van der Waals surface area contributed by atoms with E-state index in [0.29, 0.717) is 23.0 Å². The molecule has 3 rings (SSSR count). The number of nitrogen functional groups attached to an aromatic ring is 1. The van der Waals surface area contributed by atoms with E-state index in [4.69, 9.17) is 5.73 Å². The van der Waals surface area contributed by atoms with Crippen LogP contribution in [0.15, 0.2) is 24.3 Å². The number of benzene rings is 1. The summed E-state index contributed by atoms with van der Waals surface area (Å²) in [4.78, 5) is 19.3. The molecule has 0 fully saturated rings. The van der Waals surface area contributed by atoms with Crippen molar-refractivity contribution in [1.29, 1.82) is 0 Å². The first kappa shape index (κ1) is 13.9. The zero-order chi connectivity index (χ0) is 15.9. The van der Waals surface area contributed by atoms with Crippen LogP contribution in [0.2, 0.25) is 0 Å². The lowest BCUT2D eigenvalue weighted by Crippen LogP contribution is -2.09. The van der Waals surface area contributed by atoms with Gasteiger partial charge in [0.05, 0.1) is 10.4 Å². The van der Waals surface area contributed by atoms with Crippen molar-refractivity contribution in [2.45, 2.75) is 20.4 Å². The Morgan fingerprint density at radius 1 is 1.27 bits per heavy atom. The summed E-state index contributed by atoms with van der Waals surface area (Å²) in [6.07, 6.45) is 0. The summed E-state index contributed by atoms with van der Waals surface area (Å²) in [5.74, 6) is 0.855. The van der Waals surface area contributed by atoms with Gasteiger partial charge in [0.25, 0.3) is 0 Å². The lowest BCUT2D eigenvalue weighted by molar-refractivity contribution is -0.386. The molecule has 2 aromatic heterocycles. The smallest absolute Gasteiger partial charge is 0.312 e. The largest absolute Gasteiger partial charge is 0.383 e. The maximum atomic E-state index is 11.0. The number of nitrogens with two attached hydrogens (primary N) is 1. The highest BCUT2D eigenvalue weighted by molar-refractivity contribution is 5.87. The van der Waals surface area contributed by atoms with Gasteiger partial charge in [0.1, 0.15) is 23.8 Å². The third-order valence-corrected chi connectivity index (χ3v) is 3.50. The maximum absolute atomic E-state index is 11.0. The quantitative estimate of drug-likeness (QED) is 0.584. The van der Waals surface area contributed by atoms with E-state index in [1.165, 1.54) is 4.68 Å². The van der Waals surface area contributed by atoms with Crippen LogP contribution >= 0.6 is 0 Å². The van der Waals surface area contributed by atoms with Crippen molar-refractivity contribution in [2.24, 2.45) is 0 Å². The lowest BCUT2D eigenvalue weighted by Gasteiger charge is -2.06. The fourth-order valence-electron chi connectivity index (χ4n) is 2.46. The highest BCUT2D eigenvalue weighted by atomic mass is 16.6. The molecule has 0 aliphatic carbocycles. The fraction of sp³-hybridized carbons (Fsp3) is 0.214. The van der Waals surface area contributed by atoms with Crippen LogP contribution in [0.3, 0.4) is 0 Å². The van der Waals surface area contributed by atoms with Crippen LogP contribution in [0.25, 0.3) is 10.9 Å². The average molecular weight is 298 g/mol. The number of hydrogen-bond donors (Lipinski definition) is 1. The van der Waals surface area contributed by atoms with E-state index in [2.05, 4.69) is 15.1 Å². The standard InChI is InChI=1S/C14H14N6O2/c1-8-13(20(21)22)9(2)19(18-8)7-12-16-11-6-4-3-5-10(11)14(15)17-12/h3-6H,7H2,1-2H3,(H2,15,16,17). The molecular weight excluding hydrogens is 284 g/mol. The summed E-state index contributed by atoms with van der Waals surface area (Å²) in [7, 11) is 0. The lowest BCUT2D eigenvalue weighted by atomic mass is 10.2. The molecule has 0 radical (unpaired) electrons. The molecule has 3 aromatic rings. The molecule has 0 aliphatic heterocycles. The van der Waals surface area contributed by atoms with Crippen molar-refractivity contribution in [3.63, 3.8) is 0 Å². The van der Waals surface area contributed by atoms with Crippen molar-refractivity contribution in [3.05, 3.63) is 51.6 Å². The second kappa shape index (κ2) is 5.06.